The van der Waals surface area contributed by atoms with Crippen molar-refractivity contribution in [1.82, 2.24) is 21.3 Å². The minimum Gasteiger partial charge on any atom is -0.508 e. The lowest BCUT2D eigenvalue weighted by atomic mass is 10.00. The van der Waals surface area contributed by atoms with Gasteiger partial charge in [-0.15, -0.1) is 0 Å². The van der Waals surface area contributed by atoms with Crippen molar-refractivity contribution in [3.63, 3.8) is 0 Å². The smallest absolute Gasteiger partial charge is 0.327 e. The predicted molar refractivity (Wildman–Crippen MR) is 177 cm³/mol. The summed E-state index contributed by atoms with van der Waals surface area (Å²) in [6.07, 6.45) is 0.700. The predicted octanol–water partition coefficient (Wildman–Crippen LogP) is 0.967. The normalized spacial score (nSPS) is 14.3. The molecule has 0 saturated carbocycles. The van der Waals surface area contributed by atoms with Crippen LogP contribution >= 0.6 is 25.3 Å². The number of carbonyl (C=O) groups is 5. The maximum absolute atomic E-state index is 13.2. The number of phenolic OH excluding ortho intramolecular Hbond substituents is 1. The molecule has 0 bridgehead atoms. The van der Waals surface area contributed by atoms with E-state index in [1.807, 2.05) is 30.3 Å². The van der Waals surface area contributed by atoms with E-state index in [-0.39, 0.29) is 18.6 Å². The van der Waals surface area contributed by atoms with E-state index in [2.05, 4.69) is 46.5 Å². The monoisotopic (exact) mass is 661 g/mol. The van der Waals surface area contributed by atoms with Crippen LogP contribution in [0.1, 0.15) is 45.2 Å². The topological polar surface area (TPSA) is 200 Å². The van der Waals surface area contributed by atoms with E-state index < -0.39 is 69.8 Å². The summed E-state index contributed by atoms with van der Waals surface area (Å²) >= 11 is 8.74. The van der Waals surface area contributed by atoms with Crippen molar-refractivity contribution in [2.24, 2.45) is 5.73 Å². The number of aromatic hydroxyl groups is 1. The average Bonchev–Trinajstić information content (AvgIpc) is 2.95. The van der Waals surface area contributed by atoms with Crippen LogP contribution < -0.4 is 27.0 Å². The van der Waals surface area contributed by atoms with Crippen LogP contribution in [0.25, 0.3) is 0 Å². The Morgan fingerprint density at radius 1 is 0.778 bits per heavy atom. The number of nitrogens with two attached hydrogens (primary N) is 1. The molecule has 2 rings (SSSR count). The van der Waals surface area contributed by atoms with Crippen LogP contribution in [0.3, 0.4) is 0 Å². The minimum absolute atomic E-state index is 0.0728. The fourth-order valence-electron chi connectivity index (χ4n) is 4.31. The molecule has 0 aliphatic rings. The van der Waals surface area contributed by atoms with Crippen LogP contribution in [0.4, 0.5) is 0 Å². The van der Waals surface area contributed by atoms with Crippen LogP contribution in [-0.4, -0.2) is 80.0 Å². The first-order chi connectivity index (χ1) is 20.9. The van der Waals surface area contributed by atoms with Gasteiger partial charge in [-0.2, -0.15) is 25.3 Å². The van der Waals surface area contributed by atoms with Gasteiger partial charge in [0.1, 0.15) is 23.9 Å². The Morgan fingerprint density at radius 2 is 1.33 bits per heavy atom. The standard InChI is InChI=1S/C31H43N5O7S2/c1-30(2,44)24(35-26(39)21(32)16-19-10-13-20(37)14-11-19)28(41)33-17-23(38)34-22(15-12-18-8-6-5-7-9-18)27(40)36-25(29(42)43)31(3,4)45/h5-11,13-14,21-22,24-25,37,44-45H,12,15-17,32H2,1-4H3,(H,33,41)(H,34,38)(H,35,39)(H,36,40)(H,42,43)/t21-,22-,24-,25-/m0/s1. The highest BCUT2D eigenvalue weighted by Gasteiger charge is 2.37. The van der Waals surface area contributed by atoms with Crippen LogP contribution in [0.15, 0.2) is 54.6 Å². The van der Waals surface area contributed by atoms with Gasteiger partial charge in [-0.3, -0.25) is 19.2 Å². The third kappa shape index (κ3) is 12.6. The van der Waals surface area contributed by atoms with Gasteiger partial charge in [0.25, 0.3) is 0 Å². The number of aliphatic carboxylic acids is 1. The number of rotatable bonds is 16. The maximum Gasteiger partial charge on any atom is 0.327 e. The largest absolute Gasteiger partial charge is 0.508 e. The van der Waals surface area contributed by atoms with Gasteiger partial charge < -0.3 is 37.2 Å². The number of hydrogen-bond acceptors (Lipinski definition) is 9. The van der Waals surface area contributed by atoms with Crippen molar-refractivity contribution in [2.45, 2.75) is 80.6 Å². The van der Waals surface area contributed by atoms with Gasteiger partial charge in [-0.25, -0.2) is 4.79 Å². The lowest BCUT2D eigenvalue weighted by molar-refractivity contribution is -0.143. The average molecular weight is 662 g/mol. The number of carboxylic acids is 1. The number of nitrogens with one attached hydrogen (secondary N) is 4. The highest BCUT2D eigenvalue weighted by molar-refractivity contribution is 7.82. The third-order valence-corrected chi connectivity index (χ3v) is 7.38. The van der Waals surface area contributed by atoms with Gasteiger partial charge in [-0.1, -0.05) is 42.5 Å². The van der Waals surface area contributed by atoms with E-state index in [4.69, 9.17) is 5.73 Å². The maximum atomic E-state index is 13.2. The number of benzene rings is 2. The molecule has 0 heterocycles. The molecule has 4 atom stereocenters. The first-order valence-corrected chi connectivity index (χ1v) is 15.2. The molecule has 0 unspecified atom stereocenters. The number of phenols is 1. The first kappa shape index (κ1) is 37.4. The van der Waals surface area contributed by atoms with Crippen molar-refractivity contribution >= 4 is 54.9 Å². The SMILES string of the molecule is CC(C)(S)[C@@H](NC(=O)[C@H](CCc1ccccc1)NC(=O)CNC(=O)[C@H](NC(=O)[C@@H](N)Cc1ccc(O)cc1)C(C)(C)S)C(=O)O. The molecule has 2 aromatic carbocycles. The third-order valence-electron chi connectivity index (χ3n) is 6.86. The zero-order chi connectivity index (χ0) is 33.9. The molecule has 45 heavy (non-hydrogen) atoms. The summed E-state index contributed by atoms with van der Waals surface area (Å²) in [7, 11) is 0. The molecule has 8 N–H and O–H groups in total. The second kappa shape index (κ2) is 16.5. The van der Waals surface area contributed by atoms with E-state index >= 15 is 0 Å². The van der Waals surface area contributed by atoms with Gasteiger partial charge in [0.05, 0.1) is 12.6 Å². The van der Waals surface area contributed by atoms with Crippen LogP contribution in [0.2, 0.25) is 0 Å². The highest BCUT2D eigenvalue weighted by atomic mass is 32.1. The second-order valence-corrected chi connectivity index (χ2v) is 14.2. The Bertz CT molecular complexity index is 1330. The molecule has 0 radical (unpaired) electrons. The number of aryl methyl sites for hydroxylation is 1. The molecule has 12 nitrogen and oxygen atoms in total. The zero-order valence-electron chi connectivity index (χ0n) is 25.7. The number of hydrogen-bond donors (Lipinski definition) is 9. The summed E-state index contributed by atoms with van der Waals surface area (Å²) < 4.78 is -2.16. The van der Waals surface area contributed by atoms with Gasteiger partial charge >= 0.3 is 5.97 Å². The zero-order valence-corrected chi connectivity index (χ0v) is 27.5. The Morgan fingerprint density at radius 3 is 1.87 bits per heavy atom. The summed E-state index contributed by atoms with van der Waals surface area (Å²) in [6.45, 7) is 5.77. The molecular formula is C31H43N5O7S2. The lowest BCUT2D eigenvalue weighted by Gasteiger charge is -2.30. The highest BCUT2D eigenvalue weighted by Crippen LogP contribution is 2.20. The summed E-state index contributed by atoms with van der Waals surface area (Å²) in [5, 5.41) is 29.2. The Hall–Kier alpha value is -3.75. The number of thiol groups is 2. The van der Waals surface area contributed by atoms with Gasteiger partial charge in [-0.05, 0) is 70.2 Å². The molecule has 2 aromatic rings. The number of amides is 4. The van der Waals surface area contributed by atoms with Crippen LogP contribution in [0.5, 0.6) is 5.75 Å². The molecule has 0 spiro atoms. The van der Waals surface area contributed by atoms with E-state index in [9.17, 15) is 34.2 Å². The molecule has 0 aliphatic carbocycles. The fraction of sp³-hybridized carbons (Fsp3) is 0.452. The summed E-state index contributed by atoms with van der Waals surface area (Å²) in [6, 6.07) is 10.8. The molecule has 4 amide bonds. The fourth-order valence-corrected chi connectivity index (χ4v) is 4.67. The molecule has 0 aromatic heterocycles. The van der Waals surface area contributed by atoms with E-state index in [1.165, 1.54) is 12.1 Å². The molecule has 246 valence electrons. The molecule has 0 aliphatic heterocycles. The first-order valence-electron chi connectivity index (χ1n) is 14.3. The molecular weight excluding hydrogens is 619 g/mol. The Labute approximate surface area is 274 Å². The Balaban J connectivity index is 2.08. The number of carboxylic acid groups (broad SMARTS) is 1. The van der Waals surface area contributed by atoms with Crippen molar-refractivity contribution in [3.05, 3.63) is 65.7 Å². The van der Waals surface area contributed by atoms with E-state index in [0.717, 1.165) is 5.56 Å². The van der Waals surface area contributed by atoms with Gasteiger partial charge in [0.15, 0.2) is 0 Å². The van der Waals surface area contributed by atoms with Crippen molar-refractivity contribution in [3.8, 4) is 5.75 Å². The van der Waals surface area contributed by atoms with E-state index in [0.29, 0.717) is 12.0 Å². The summed E-state index contributed by atoms with van der Waals surface area (Å²) in [4.78, 5) is 63.9. The molecule has 0 fully saturated rings. The second-order valence-electron chi connectivity index (χ2n) is 11.9. The quantitative estimate of drug-likeness (QED) is 0.119. The summed E-state index contributed by atoms with van der Waals surface area (Å²) in [5.41, 5.74) is 7.67. The lowest BCUT2D eigenvalue weighted by Crippen LogP contribution is -2.60. The Kier molecular flexibility index (Phi) is 13.8. The van der Waals surface area contributed by atoms with Gasteiger partial charge in [0, 0.05) is 9.49 Å². The molecule has 0 saturated heterocycles. The molecule has 14 heteroatoms. The van der Waals surface area contributed by atoms with Gasteiger partial charge in [0.2, 0.25) is 23.6 Å². The van der Waals surface area contributed by atoms with Crippen molar-refractivity contribution in [2.75, 3.05) is 6.54 Å². The van der Waals surface area contributed by atoms with Crippen LogP contribution in [-0.2, 0) is 36.8 Å². The van der Waals surface area contributed by atoms with Crippen molar-refractivity contribution in [1.29, 1.82) is 0 Å². The van der Waals surface area contributed by atoms with Crippen LogP contribution in [0, 0.1) is 0 Å². The minimum atomic E-state index is -1.34. The summed E-state index contributed by atoms with van der Waals surface area (Å²) in [5.74, 6) is -3.96. The number of carbonyl (C=O) groups excluding carboxylic acids is 4. The van der Waals surface area contributed by atoms with Crippen molar-refractivity contribution < 1.29 is 34.2 Å². The van der Waals surface area contributed by atoms with E-state index in [1.54, 1.807) is 39.8 Å².